The van der Waals surface area contributed by atoms with Gasteiger partial charge in [0.1, 0.15) is 5.66 Å². The smallest absolute Gasteiger partial charge is 0.255 e. The molecule has 7 nitrogen and oxygen atoms in total. The third-order valence-corrected chi connectivity index (χ3v) is 6.25. The zero-order valence-corrected chi connectivity index (χ0v) is 17.8. The average molecular weight is 409 g/mol. The first kappa shape index (κ1) is 20.1. The molecule has 2 aliphatic heterocycles. The van der Waals surface area contributed by atoms with Gasteiger partial charge in [-0.2, -0.15) is 0 Å². The minimum Gasteiger partial charge on any atom is -0.493 e. The summed E-state index contributed by atoms with van der Waals surface area (Å²) in [5.41, 5.74) is 2.78. The summed E-state index contributed by atoms with van der Waals surface area (Å²) in [6, 6.07) is 11.2. The number of rotatable bonds is 3. The van der Waals surface area contributed by atoms with E-state index in [4.69, 9.17) is 9.47 Å². The van der Waals surface area contributed by atoms with E-state index in [1.165, 1.54) is 0 Å². The van der Waals surface area contributed by atoms with Crippen LogP contribution in [0.3, 0.4) is 0 Å². The van der Waals surface area contributed by atoms with Crippen LogP contribution in [-0.4, -0.2) is 56.7 Å². The number of carbonyl (C=O) groups is 2. The minimum atomic E-state index is -0.478. The van der Waals surface area contributed by atoms with Gasteiger partial charge in [0.2, 0.25) is 0 Å². The van der Waals surface area contributed by atoms with Crippen LogP contribution in [0.2, 0.25) is 0 Å². The second-order valence-corrected chi connectivity index (χ2v) is 7.93. The highest BCUT2D eigenvalue weighted by molar-refractivity contribution is 6.02. The van der Waals surface area contributed by atoms with Crippen LogP contribution in [0.5, 0.6) is 11.5 Å². The van der Waals surface area contributed by atoms with Crippen LogP contribution in [0.4, 0.5) is 5.69 Å². The molecular weight excluding hydrogens is 382 g/mol. The number of aryl methyl sites for hydroxylation is 1. The first-order valence-electron chi connectivity index (χ1n) is 10.1. The molecule has 30 heavy (non-hydrogen) atoms. The molecule has 1 spiro atoms. The van der Waals surface area contributed by atoms with Gasteiger partial charge in [0.25, 0.3) is 11.8 Å². The summed E-state index contributed by atoms with van der Waals surface area (Å²) in [5, 5.41) is 3.21. The summed E-state index contributed by atoms with van der Waals surface area (Å²) in [6.07, 6.45) is 1.31. The van der Waals surface area contributed by atoms with E-state index >= 15 is 0 Å². The average Bonchev–Trinajstić information content (AvgIpc) is 2.77. The van der Waals surface area contributed by atoms with Crippen LogP contribution in [0.1, 0.15) is 39.1 Å². The monoisotopic (exact) mass is 409 g/mol. The van der Waals surface area contributed by atoms with Crippen molar-refractivity contribution in [1.29, 1.82) is 0 Å². The number of amides is 2. The number of nitrogens with one attached hydrogen (secondary N) is 1. The van der Waals surface area contributed by atoms with Crippen molar-refractivity contribution in [3.05, 3.63) is 53.1 Å². The maximum Gasteiger partial charge on any atom is 0.255 e. The molecule has 1 saturated heterocycles. The predicted octanol–water partition coefficient (Wildman–Crippen LogP) is 2.82. The van der Waals surface area contributed by atoms with Crippen molar-refractivity contribution in [3.8, 4) is 11.5 Å². The van der Waals surface area contributed by atoms with Gasteiger partial charge in [-0.1, -0.05) is 11.6 Å². The summed E-state index contributed by atoms with van der Waals surface area (Å²) >= 11 is 0. The first-order valence-corrected chi connectivity index (χ1v) is 10.1. The van der Waals surface area contributed by atoms with Crippen LogP contribution >= 0.6 is 0 Å². The number of methoxy groups -OCH3 is 2. The van der Waals surface area contributed by atoms with Crippen molar-refractivity contribution in [2.24, 2.45) is 0 Å². The molecule has 0 saturated carbocycles. The topological polar surface area (TPSA) is 71.1 Å². The lowest BCUT2D eigenvalue weighted by atomic mass is 9.90. The number of piperidine rings is 1. The quantitative estimate of drug-likeness (QED) is 0.844. The van der Waals surface area contributed by atoms with E-state index in [-0.39, 0.29) is 11.8 Å². The highest BCUT2D eigenvalue weighted by Gasteiger charge is 2.44. The van der Waals surface area contributed by atoms with E-state index < -0.39 is 5.66 Å². The second kappa shape index (κ2) is 7.55. The summed E-state index contributed by atoms with van der Waals surface area (Å²) in [5.74, 6) is 1.02. The van der Waals surface area contributed by atoms with Crippen molar-refractivity contribution in [3.63, 3.8) is 0 Å². The number of anilines is 1. The van der Waals surface area contributed by atoms with Crippen LogP contribution in [0.25, 0.3) is 0 Å². The Bertz CT molecular complexity index is 996. The zero-order chi connectivity index (χ0) is 21.5. The van der Waals surface area contributed by atoms with Gasteiger partial charge in [-0.3, -0.25) is 9.59 Å². The van der Waals surface area contributed by atoms with Crippen molar-refractivity contribution in [2.75, 3.05) is 39.3 Å². The molecule has 2 aliphatic rings. The van der Waals surface area contributed by atoms with Gasteiger partial charge in [0, 0.05) is 38.5 Å². The molecule has 2 aromatic carbocycles. The molecule has 0 atom stereocenters. The summed E-state index contributed by atoms with van der Waals surface area (Å²) in [6.45, 7) is 3.09. The van der Waals surface area contributed by atoms with E-state index in [2.05, 4.69) is 10.2 Å². The van der Waals surface area contributed by atoms with Crippen LogP contribution in [0, 0.1) is 6.92 Å². The highest BCUT2D eigenvalue weighted by atomic mass is 16.5. The Morgan fingerprint density at radius 2 is 1.73 bits per heavy atom. The Morgan fingerprint density at radius 3 is 2.40 bits per heavy atom. The fraction of sp³-hybridized carbons (Fsp3) is 0.391. The van der Waals surface area contributed by atoms with Gasteiger partial charge in [-0.25, -0.2) is 0 Å². The van der Waals surface area contributed by atoms with Gasteiger partial charge in [-0.15, -0.1) is 0 Å². The molecule has 158 valence electrons. The molecule has 0 unspecified atom stereocenters. The van der Waals surface area contributed by atoms with E-state index in [1.807, 2.05) is 37.1 Å². The zero-order valence-electron chi connectivity index (χ0n) is 17.8. The van der Waals surface area contributed by atoms with Crippen LogP contribution < -0.4 is 19.7 Å². The third kappa shape index (κ3) is 3.24. The molecule has 0 bridgehead atoms. The molecule has 1 fully saturated rings. The number of likely N-dealkylation sites (tertiary alicyclic amines) is 1. The maximum atomic E-state index is 13.0. The Hall–Kier alpha value is -3.22. The van der Waals surface area contributed by atoms with E-state index in [1.54, 1.807) is 32.4 Å². The second-order valence-electron chi connectivity index (χ2n) is 7.93. The first-order chi connectivity index (χ1) is 14.4. The fourth-order valence-corrected chi connectivity index (χ4v) is 4.41. The van der Waals surface area contributed by atoms with Crippen molar-refractivity contribution < 1.29 is 19.1 Å². The summed E-state index contributed by atoms with van der Waals surface area (Å²) in [4.78, 5) is 29.8. The number of hydrogen-bond acceptors (Lipinski definition) is 5. The lowest BCUT2D eigenvalue weighted by Gasteiger charge is -2.51. The molecule has 2 heterocycles. The van der Waals surface area contributed by atoms with E-state index in [0.29, 0.717) is 48.6 Å². The molecule has 2 aromatic rings. The van der Waals surface area contributed by atoms with Crippen molar-refractivity contribution in [2.45, 2.75) is 25.4 Å². The number of benzene rings is 2. The lowest BCUT2D eigenvalue weighted by molar-refractivity contribution is 0.0608. The Morgan fingerprint density at radius 1 is 1.03 bits per heavy atom. The molecule has 0 aliphatic carbocycles. The Balaban J connectivity index is 1.52. The van der Waals surface area contributed by atoms with Gasteiger partial charge >= 0.3 is 0 Å². The summed E-state index contributed by atoms with van der Waals surface area (Å²) in [7, 11) is 5.13. The maximum absolute atomic E-state index is 13.0. The van der Waals surface area contributed by atoms with Crippen molar-refractivity contribution >= 4 is 17.5 Å². The minimum absolute atomic E-state index is 0.0494. The largest absolute Gasteiger partial charge is 0.493 e. The number of nitrogens with zero attached hydrogens (tertiary/aromatic N) is 2. The third-order valence-electron chi connectivity index (χ3n) is 6.25. The number of carbonyl (C=O) groups excluding carboxylic acids is 2. The van der Waals surface area contributed by atoms with Crippen LogP contribution in [-0.2, 0) is 0 Å². The predicted molar refractivity (Wildman–Crippen MR) is 114 cm³/mol. The standard InChI is InChI=1S/C23H27N3O4/c1-15-5-7-18-17(13-15)21(27)24-23(25(18)2)9-11-26(12-10-23)22(28)16-6-8-19(29-3)20(14-16)30-4/h5-8,13-14H,9-12H2,1-4H3,(H,24,27). The van der Waals surface area contributed by atoms with E-state index in [0.717, 1.165) is 11.3 Å². The van der Waals surface area contributed by atoms with Gasteiger partial charge in [0.15, 0.2) is 11.5 Å². The van der Waals surface area contributed by atoms with Gasteiger partial charge in [0.05, 0.1) is 25.5 Å². The lowest BCUT2D eigenvalue weighted by Crippen LogP contribution is -2.67. The Labute approximate surface area is 176 Å². The molecule has 4 rings (SSSR count). The SMILES string of the molecule is COc1ccc(C(=O)N2CCC3(CC2)NC(=O)c2cc(C)ccc2N3C)cc1OC. The Kier molecular flexibility index (Phi) is 5.05. The number of hydrogen-bond donors (Lipinski definition) is 1. The normalized spacial score (nSPS) is 17.4. The number of fused-ring (bicyclic) bond motifs is 1. The van der Waals surface area contributed by atoms with Gasteiger partial charge < -0.3 is 24.6 Å². The summed E-state index contributed by atoms with van der Waals surface area (Å²) < 4.78 is 10.6. The molecular formula is C23H27N3O4. The van der Waals surface area contributed by atoms with E-state index in [9.17, 15) is 9.59 Å². The van der Waals surface area contributed by atoms with Gasteiger partial charge in [-0.05, 0) is 37.3 Å². The molecule has 7 heteroatoms. The molecule has 1 N–H and O–H groups in total. The molecule has 0 aromatic heterocycles. The number of ether oxygens (including phenoxy) is 2. The van der Waals surface area contributed by atoms with Crippen LogP contribution in [0.15, 0.2) is 36.4 Å². The highest BCUT2D eigenvalue weighted by Crippen LogP contribution is 2.37. The molecule has 0 radical (unpaired) electrons. The molecule has 2 amide bonds. The van der Waals surface area contributed by atoms with Crippen molar-refractivity contribution in [1.82, 2.24) is 10.2 Å². The fourth-order valence-electron chi connectivity index (χ4n) is 4.41.